The Balaban J connectivity index is 2.79. The Hall–Kier alpha value is -1.83. The summed E-state index contributed by atoms with van der Waals surface area (Å²) in [5.74, 6) is -2.39. The van der Waals surface area contributed by atoms with Crippen LogP contribution in [0.4, 0.5) is 15.8 Å². The number of carbonyl (C=O) groups is 1. The fourth-order valence-corrected chi connectivity index (χ4v) is 2.19. The highest BCUT2D eigenvalue weighted by Crippen LogP contribution is 2.16. The molecule has 0 aliphatic carbocycles. The van der Waals surface area contributed by atoms with Crippen molar-refractivity contribution < 1.29 is 22.3 Å². The predicted molar refractivity (Wildman–Crippen MR) is 64.9 cm³/mol. The van der Waals surface area contributed by atoms with E-state index in [-0.39, 0.29) is 18.0 Å². The minimum atomic E-state index is -3.94. The van der Waals surface area contributed by atoms with Crippen LogP contribution in [0.15, 0.2) is 18.2 Å². The van der Waals surface area contributed by atoms with Crippen LogP contribution in [0.2, 0.25) is 0 Å². The summed E-state index contributed by atoms with van der Waals surface area (Å²) in [6.07, 6.45) is 0. The van der Waals surface area contributed by atoms with Gasteiger partial charge in [-0.3, -0.25) is 9.52 Å². The van der Waals surface area contributed by atoms with Crippen molar-refractivity contribution in [3.8, 4) is 0 Å². The molecule has 0 aliphatic rings. The van der Waals surface area contributed by atoms with Crippen molar-refractivity contribution in [2.45, 2.75) is 6.92 Å². The maximum atomic E-state index is 13.0. The monoisotopic (exact) mass is 276 g/mol. The Bertz CT molecular complexity index is 525. The van der Waals surface area contributed by atoms with Crippen molar-refractivity contribution in [1.29, 1.82) is 0 Å². The molecule has 0 spiro atoms. The van der Waals surface area contributed by atoms with E-state index >= 15 is 0 Å². The number of sulfonamides is 1. The summed E-state index contributed by atoms with van der Waals surface area (Å²) < 4.78 is 42.6. The van der Waals surface area contributed by atoms with Crippen molar-refractivity contribution >= 4 is 27.4 Å². The Labute approximate surface area is 104 Å². The van der Waals surface area contributed by atoms with E-state index in [1.165, 1.54) is 6.07 Å². The molecule has 1 aromatic carbocycles. The molecule has 8 heteroatoms. The van der Waals surface area contributed by atoms with Crippen molar-refractivity contribution in [3.05, 3.63) is 24.0 Å². The molecule has 0 aromatic heterocycles. The van der Waals surface area contributed by atoms with E-state index in [1.54, 1.807) is 6.92 Å². The van der Waals surface area contributed by atoms with E-state index in [0.29, 0.717) is 0 Å². The summed E-state index contributed by atoms with van der Waals surface area (Å²) >= 11 is 0. The van der Waals surface area contributed by atoms with Gasteiger partial charge in [-0.05, 0) is 25.1 Å². The summed E-state index contributed by atoms with van der Waals surface area (Å²) in [4.78, 5) is 11.0. The Morgan fingerprint density at radius 3 is 2.67 bits per heavy atom. The number of esters is 1. The van der Waals surface area contributed by atoms with Gasteiger partial charge in [0.05, 0.1) is 12.3 Å². The molecule has 0 radical (unpaired) electrons. The average Bonchev–Trinajstić information content (AvgIpc) is 2.13. The van der Waals surface area contributed by atoms with Gasteiger partial charge in [0.25, 0.3) is 0 Å². The Morgan fingerprint density at radius 1 is 1.44 bits per heavy atom. The lowest BCUT2D eigenvalue weighted by Crippen LogP contribution is -2.24. The maximum absolute atomic E-state index is 13.0. The molecule has 0 aliphatic heterocycles. The number of nitrogen functional groups attached to an aromatic ring is 1. The number of halogens is 1. The molecule has 0 amide bonds. The quantitative estimate of drug-likeness (QED) is 0.609. The van der Waals surface area contributed by atoms with Gasteiger partial charge in [0.2, 0.25) is 10.0 Å². The van der Waals surface area contributed by atoms with Crippen LogP contribution < -0.4 is 10.5 Å². The summed E-state index contributed by atoms with van der Waals surface area (Å²) in [5, 5.41) is 0. The first-order valence-corrected chi connectivity index (χ1v) is 6.70. The topological polar surface area (TPSA) is 98.5 Å². The van der Waals surface area contributed by atoms with E-state index in [1.807, 2.05) is 4.72 Å². The largest absolute Gasteiger partial charge is 0.465 e. The van der Waals surface area contributed by atoms with E-state index < -0.39 is 27.6 Å². The summed E-state index contributed by atoms with van der Waals surface area (Å²) in [7, 11) is -3.94. The molecule has 18 heavy (non-hydrogen) atoms. The van der Waals surface area contributed by atoms with Gasteiger partial charge in [0.15, 0.2) is 5.75 Å². The zero-order chi connectivity index (χ0) is 13.8. The van der Waals surface area contributed by atoms with Gasteiger partial charge in [-0.1, -0.05) is 0 Å². The van der Waals surface area contributed by atoms with Crippen LogP contribution in [-0.2, 0) is 19.6 Å². The standard InChI is InChI=1S/C10H13FN2O4S/c1-2-17-10(14)6-18(15,16)13-9-4-7(11)3-8(12)5-9/h3-5,13H,2,6,12H2,1H3. The predicted octanol–water partition coefficient (Wildman–Crippen LogP) is 0.713. The average molecular weight is 276 g/mol. The third-order valence-electron chi connectivity index (χ3n) is 1.81. The lowest BCUT2D eigenvalue weighted by molar-refractivity contribution is -0.139. The molecule has 0 bridgehead atoms. The van der Waals surface area contributed by atoms with Crippen LogP contribution in [0.25, 0.3) is 0 Å². The Kier molecular flexibility index (Phi) is 4.49. The number of nitrogens with one attached hydrogen (secondary N) is 1. The smallest absolute Gasteiger partial charge is 0.323 e. The third kappa shape index (κ3) is 4.58. The lowest BCUT2D eigenvalue weighted by atomic mass is 10.3. The molecule has 6 nitrogen and oxygen atoms in total. The van der Waals surface area contributed by atoms with Gasteiger partial charge in [0.1, 0.15) is 5.82 Å². The van der Waals surface area contributed by atoms with Crippen LogP contribution in [0, 0.1) is 5.82 Å². The molecule has 1 rings (SSSR count). The Morgan fingerprint density at radius 2 is 2.11 bits per heavy atom. The minimum absolute atomic E-state index is 0.0446. The second kappa shape index (κ2) is 5.67. The van der Waals surface area contributed by atoms with Crippen molar-refractivity contribution in [1.82, 2.24) is 0 Å². The van der Waals surface area contributed by atoms with Gasteiger partial charge in [-0.2, -0.15) is 0 Å². The van der Waals surface area contributed by atoms with E-state index in [4.69, 9.17) is 5.73 Å². The molecular formula is C10H13FN2O4S. The summed E-state index contributed by atoms with van der Waals surface area (Å²) in [5.41, 5.74) is 5.39. The van der Waals surface area contributed by atoms with E-state index in [9.17, 15) is 17.6 Å². The first-order chi connectivity index (χ1) is 8.32. The number of hydrogen-bond donors (Lipinski definition) is 2. The maximum Gasteiger partial charge on any atom is 0.323 e. The van der Waals surface area contributed by atoms with Crippen LogP contribution in [0.5, 0.6) is 0 Å². The molecule has 0 fully saturated rings. The molecule has 3 N–H and O–H groups in total. The number of hydrogen-bond acceptors (Lipinski definition) is 5. The van der Waals surface area contributed by atoms with Crippen LogP contribution in [0.3, 0.4) is 0 Å². The number of carbonyl (C=O) groups excluding carboxylic acids is 1. The number of rotatable bonds is 5. The lowest BCUT2D eigenvalue weighted by Gasteiger charge is -2.08. The van der Waals surface area contributed by atoms with E-state index in [0.717, 1.165) is 12.1 Å². The molecule has 0 saturated carbocycles. The van der Waals surface area contributed by atoms with E-state index in [2.05, 4.69) is 4.74 Å². The number of ether oxygens (including phenoxy) is 1. The van der Waals surface area contributed by atoms with Gasteiger partial charge < -0.3 is 10.5 Å². The third-order valence-corrected chi connectivity index (χ3v) is 2.97. The SMILES string of the molecule is CCOC(=O)CS(=O)(=O)Nc1cc(N)cc(F)c1. The number of nitrogens with two attached hydrogens (primary N) is 1. The van der Waals surface area contributed by atoms with Crippen molar-refractivity contribution in [3.63, 3.8) is 0 Å². The highest BCUT2D eigenvalue weighted by molar-refractivity contribution is 7.93. The highest BCUT2D eigenvalue weighted by atomic mass is 32.2. The number of anilines is 2. The first kappa shape index (κ1) is 14.2. The van der Waals surface area contributed by atoms with Gasteiger partial charge in [-0.15, -0.1) is 0 Å². The minimum Gasteiger partial charge on any atom is -0.465 e. The van der Waals surface area contributed by atoms with Crippen LogP contribution in [0.1, 0.15) is 6.92 Å². The summed E-state index contributed by atoms with van der Waals surface area (Å²) in [6, 6.07) is 3.24. The molecule has 100 valence electrons. The molecule has 0 heterocycles. The first-order valence-electron chi connectivity index (χ1n) is 5.04. The van der Waals surface area contributed by atoms with Crippen LogP contribution in [-0.4, -0.2) is 26.7 Å². The van der Waals surface area contributed by atoms with Gasteiger partial charge in [-0.25, -0.2) is 12.8 Å². The second-order valence-electron chi connectivity index (χ2n) is 3.44. The molecule has 1 aromatic rings. The number of benzene rings is 1. The molecule has 0 saturated heterocycles. The fourth-order valence-electron chi connectivity index (χ4n) is 1.24. The van der Waals surface area contributed by atoms with Crippen LogP contribution >= 0.6 is 0 Å². The van der Waals surface area contributed by atoms with Crippen molar-refractivity contribution in [2.75, 3.05) is 22.8 Å². The summed E-state index contributed by atoms with van der Waals surface area (Å²) in [6.45, 7) is 1.65. The van der Waals surface area contributed by atoms with Crippen molar-refractivity contribution in [2.24, 2.45) is 0 Å². The molecule has 0 unspecified atom stereocenters. The van der Waals surface area contributed by atoms with Gasteiger partial charge >= 0.3 is 5.97 Å². The molecule has 0 atom stereocenters. The highest BCUT2D eigenvalue weighted by Gasteiger charge is 2.17. The van der Waals surface area contributed by atoms with Gasteiger partial charge in [0, 0.05) is 5.69 Å². The molecular weight excluding hydrogens is 263 g/mol. The second-order valence-corrected chi connectivity index (χ2v) is 5.16. The normalized spacial score (nSPS) is 11.0. The zero-order valence-electron chi connectivity index (χ0n) is 9.64. The fraction of sp³-hybridized carbons (Fsp3) is 0.300. The zero-order valence-corrected chi connectivity index (χ0v) is 10.5.